The Morgan fingerprint density at radius 2 is 2.21 bits per heavy atom. The highest BCUT2D eigenvalue weighted by Gasteiger charge is 2.54. The topological polar surface area (TPSA) is 87.3 Å². The molecule has 2 aliphatic heterocycles. The molecule has 0 saturated carbocycles. The number of nitrogens with zero attached hydrogens (tertiary/aromatic N) is 2. The van der Waals surface area contributed by atoms with E-state index < -0.39 is 5.41 Å². The molecule has 7 heteroatoms. The number of hydrogen-bond donors (Lipinski definition) is 2. The van der Waals surface area contributed by atoms with Crippen molar-refractivity contribution in [1.29, 1.82) is 0 Å². The Morgan fingerprint density at radius 3 is 2.88 bits per heavy atom. The van der Waals surface area contributed by atoms with Crippen LogP contribution in [0.5, 0.6) is 0 Å². The molecule has 0 aromatic carbocycles. The monoisotopic (exact) mass is 334 g/mol. The Hall–Kier alpha value is -1.89. The zero-order valence-corrected chi connectivity index (χ0v) is 14.8. The van der Waals surface area contributed by atoms with Crippen LogP contribution < -0.4 is 5.32 Å². The van der Waals surface area contributed by atoms with Crippen LogP contribution in [0.25, 0.3) is 0 Å². The van der Waals surface area contributed by atoms with Gasteiger partial charge in [-0.15, -0.1) is 0 Å². The highest BCUT2D eigenvalue weighted by molar-refractivity contribution is 5.95. The Balaban J connectivity index is 1.88. The molecule has 2 saturated heterocycles. The van der Waals surface area contributed by atoms with Gasteiger partial charge < -0.3 is 19.9 Å². The van der Waals surface area contributed by atoms with E-state index in [4.69, 9.17) is 4.74 Å². The third-order valence-electron chi connectivity index (χ3n) is 5.27. The number of hydrogen-bond acceptors (Lipinski definition) is 4. The molecule has 3 heterocycles. The van der Waals surface area contributed by atoms with Gasteiger partial charge in [-0.3, -0.25) is 9.59 Å². The summed E-state index contributed by atoms with van der Waals surface area (Å²) in [6, 6.07) is 0. The zero-order valence-electron chi connectivity index (χ0n) is 14.8. The zero-order chi connectivity index (χ0) is 17.5. The van der Waals surface area contributed by atoms with Crippen LogP contribution in [0, 0.1) is 11.3 Å². The van der Waals surface area contributed by atoms with Crippen molar-refractivity contribution in [3.8, 4) is 0 Å². The van der Waals surface area contributed by atoms with Crippen LogP contribution in [-0.2, 0) is 14.9 Å². The number of aromatic amines is 1. The third-order valence-corrected chi connectivity index (χ3v) is 5.27. The average Bonchev–Trinajstić information content (AvgIpc) is 3.17. The molecule has 1 aromatic heterocycles. The highest BCUT2D eigenvalue weighted by atomic mass is 16.5. The van der Waals surface area contributed by atoms with Crippen molar-refractivity contribution in [2.24, 2.45) is 11.3 Å². The summed E-state index contributed by atoms with van der Waals surface area (Å²) < 4.78 is 5.56. The molecule has 2 fully saturated rings. The van der Waals surface area contributed by atoms with Crippen molar-refractivity contribution in [1.82, 2.24) is 20.2 Å². The molecule has 3 rings (SSSR count). The number of carbonyl (C=O) groups excluding carboxylic acids is 2. The highest BCUT2D eigenvalue weighted by Crippen LogP contribution is 2.43. The van der Waals surface area contributed by atoms with Gasteiger partial charge in [0.1, 0.15) is 5.69 Å². The van der Waals surface area contributed by atoms with Crippen molar-refractivity contribution in [3.05, 3.63) is 17.7 Å². The van der Waals surface area contributed by atoms with E-state index in [1.807, 2.05) is 20.8 Å². The number of H-pyrrole nitrogens is 1. The Bertz CT molecular complexity index is 649. The molecule has 0 spiro atoms. The van der Waals surface area contributed by atoms with Crippen LogP contribution in [0.15, 0.2) is 6.33 Å². The third kappa shape index (κ3) is 2.60. The van der Waals surface area contributed by atoms with Gasteiger partial charge in [-0.2, -0.15) is 0 Å². The van der Waals surface area contributed by atoms with Gasteiger partial charge in [0, 0.05) is 38.1 Å². The summed E-state index contributed by atoms with van der Waals surface area (Å²) in [7, 11) is 1.65. The van der Waals surface area contributed by atoms with E-state index in [2.05, 4.69) is 15.3 Å². The lowest BCUT2D eigenvalue weighted by atomic mass is 9.73. The molecule has 0 radical (unpaired) electrons. The van der Waals surface area contributed by atoms with Crippen LogP contribution in [0.2, 0.25) is 0 Å². The fraction of sp³-hybridized carbons (Fsp3) is 0.706. The first-order valence-corrected chi connectivity index (χ1v) is 8.42. The van der Waals surface area contributed by atoms with Gasteiger partial charge in [-0.1, -0.05) is 20.8 Å². The minimum absolute atomic E-state index is 0.00386. The number of imidazole rings is 1. The molecule has 132 valence electrons. The van der Waals surface area contributed by atoms with Gasteiger partial charge in [0.2, 0.25) is 5.91 Å². The van der Waals surface area contributed by atoms with E-state index >= 15 is 0 Å². The molecule has 7 nitrogen and oxygen atoms in total. The first kappa shape index (κ1) is 17.0. The standard InChI is InChI=1S/C17H26N4O3/c1-16(2,3)13-12(19-10-20-13)14(22)21-7-11-8-24-6-5-17(11,9-21)15(23)18-4/h10-11H,5-9H2,1-4H3,(H,18,23)(H,19,20)/t11-,17+/m1/s1. The van der Waals surface area contributed by atoms with Gasteiger partial charge in [-0.05, 0) is 6.42 Å². The normalized spacial score (nSPS) is 27.0. The minimum Gasteiger partial charge on any atom is -0.381 e. The second-order valence-electron chi connectivity index (χ2n) is 7.82. The molecule has 2 amide bonds. The van der Waals surface area contributed by atoms with Gasteiger partial charge in [-0.25, -0.2) is 4.98 Å². The number of aromatic nitrogens is 2. The minimum atomic E-state index is -0.541. The quantitative estimate of drug-likeness (QED) is 0.842. The lowest BCUT2D eigenvalue weighted by Gasteiger charge is -2.36. The number of nitrogens with one attached hydrogen (secondary N) is 2. The summed E-state index contributed by atoms with van der Waals surface area (Å²) in [5.74, 6) is -0.0739. The van der Waals surface area contributed by atoms with Crippen molar-refractivity contribution >= 4 is 11.8 Å². The predicted molar refractivity (Wildman–Crippen MR) is 88.6 cm³/mol. The first-order chi connectivity index (χ1) is 11.3. The number of ether oxygens (including phenoxy) is 1. The summed E-state index contributed by atoms with van der Waals surface area (Å²) in [4.78, 5) is 34.7. The molecule has 2 N–H and O–H groups in total. The summed E-state index contributed by atoms with van der Waals surface area (Å²) in [5, 5.41) is 2.77. The van der Waals surface area contributed by atoms with Gasteiger partial charge in [0.15, 0.2) is 0 Å². The Labute approximate surface area is 142 Å². The smallest absolute Gasteiger partial charge is 0.274 e. The largest absolute Gasteiger partial charge is 0.381 e. The van der Waals surface area contributed by atoms with Crippen LogP contribution in [-0.4, -0.2) is 60.0 Å². The maximum atomic E-state index is 13.0. The van der Waals surface area contributed by atoms with E-state index in [0.29, 0.717) is 38.4 Å². The van der Waals surface area contributed by atoms with Gasteiger partial charge in [0.25, 0.3) is 5.91 Å². The molecule has 1 aromatic rings. The summed E-state index contributed by atoms with van der Waals surface area (Å²) in [6.45, 7) is 8.16. The predicted octanol–water partition coefficient (Wildman–Crippen LogP) is 0.932. The molecule has 24 heavy (non-hydrogen) atoms. The maximum Gasteiger partial charge on any atom is 0.274 e. The fourth-order valence-corrected chi connectivity index (χ4v) is 3.90. The second kappa shape index (κ2) is 5.88. The van der Waals surface area contributed by atoms with Crippen molar-refractivity contribution in [2.75, 3.05) is 33.4 Å². The maximum absolute atomic E-state index is 13.0. The van der Waals surface area contributed by atoms with Gasteiger partial charge in [0.05, 0.1) is 24.0 Å². The Morgan fingerprint density at radius 1 is 1.46 bits per heavy atom. The molecule has 2 atom stereocenters. The number of rotatable bonds is 2. The molecule has 2 aliphatic rings. The molecule has 0 bridgehead atoms. The fourth-order valence-electron chi connectivity index (χ4n) is 3.90. The summed E-state index contributed by atoms with van der Waals surface area (Å²) in [6.07, 6.45) is 2.21. The second-order valence-corrected chi connectivity index (χ2v) is 7.82. The van der Waals surface area contributed by atoms with E-state index in [-0.39, 0.29) is 23.1 Å². The van der Waals surface area contributed by atoms with E-state index in [1.165, 1.54) is 0 Å². The van der Waals surface area contributed by atoms with Crippen LogP contribution >= 0.6 is 0 Å². The average molecular weight is 334 g/mol. The van der Waals surface area contributed by atoms with Crippen LogP contribution in [0.1, 0.15) is 43.4 Å². The van der Waals surface area contributed by atoms with Gasteiger partial charge >= 0.3 is 0 Å². The van der Waals surface area contributed by atoms with Crippen molar-refractivity contribution in [2.45, 2.75) is 32.6 Å². The lowest BCUT2D eigenvalue weighted by molar-refractivity contribution is -0.138. The number of likely N-dealkylation sites (tertiary alicyclic amines) is 1. The number of fused-ring (bicyclic) bond motifs is 1. The summed E-state index contributed by atoms with van der Waals surface area (Å²) >= 11 is 0. The van der Waals surface area contributed by atoms with E-state index in [0.717, 1.165) is 5.69 Å². The van der Waals surface area contributed by atoms with E-state index in [1.54, 1.807) is 18.3 Å². The van der Waals surface area contributed by atoms with E-state index in [9.17, 15) is 9.59 Å². The summed E-state index contributed by atoms with van der Waals surface area (Å²) in [5.41, 5.74) is 0.540. The van der Waals surface area contributed by atoms with Crippen LogP contribution in [0.3, 0.4) is 0 Å². The number of carbonyl (C=O) groups is 2. The molecule has 0 unspecified atom stereocenters. The van der Waals surface area contributed by atoms with Crippen LogP contribution in [0.4, 0.5) is 0 Å². The Kier molecular flexibility index (Phi) is 4.15. The number of amides is 2. The first-order valence-electron chi connectivity index (χ1n) is 8.42. The van der Waals surface area contributed by atoms with Crippen molar-refractivity contribution < 1.29 is 14.3 Å². The molecular weight excluding hydrogens is 308 g/mol. The lowest BCUT2D eigenvalue weighted by Crippen LogP contribution is -2.49. The van der Waals surface area contributed by atoms with Crippen molar-refractivity contribution in [3.63, 3.8) is 0 Å². The SMILES string of the molecule is CNC(=O)[C@]12CCOC[C@H]1CN(C(=O)c1nc[nH]c1C(C)(C)C)C2. The molecular formula is C17H26N4O3. The molecule has 0 aliphatic carbocycles.